The molecule has 0 radical (unpaired) electrons. The molecule has 1 unspecified atom stereocenters. The monoisotopic (exact) mass is 340 g/mol. The number of aliphatic hydroxyl groups excluding tert-OH is 1. The molecule has 0 spiro atoms. The van der Waals surface area contributed by atoms with Gasteiger partial charge in [-0.25, -0.2) is 0 Å². The summed E-state index contributed by atoms with van der Waals surface area (Å²) in [6.07, 6.45) is 2.82. The third kappa shape index (κ3) is 5.96. The molecule has 4 nitrogen and oxygen atoms in total. The Morgan fingerprint density at radius 1 is 1.39 bits per heavy atom. The maximum Gasteiger partial charge on any atom is 0.124 e. The summed E-state index contributed by atoms with van der Waals surface area (Å²) in [6, 6.07) is 6.00. The Kier molecular flexibility index (Phi) is 7.63. The number of hydrogen-bond donors (Lipinski definition) is 2. The Balaban J connectivity index is 1.76. The van der Waals surface area contributed by atoms with Crippen molar-refractivity contribution in [3.05, 3.63) is 28.8 Å². The summed E-state index contributed by atoms with van der Waals surface area (Å²) in [5.74, 6) is 0.905. The highest BCUT2D eigenvalue weighted by atomic mass is 35.5. The minimum atomic E-state index is -0.0933. The lowest BCUT2D eigenvalue weighted by Crippen LogP contribution is -2.37. The van der Waals surface area contributed by atoms with Crippen LogP contribution in [0.4, 0.5) is 0 Å². The summed E-state index contributed by atoms with van der Waals surface area (Å²) in [5, 5.41) is 13.8. The smallest absolute Gasteiger partial charge is 0.124 e. The van der Waals surface area contributed by atoms with Crippen LogP contribution < -0.4 is 10.1 Å². The molecule has 1 aliphatic rings. The van der Waals surface area contributed by atoms with Crippen molar-refractivity contribution in [2.24, 2.45) is 0 Å². The average molecular weight is 341 g/mol. The number of piperidine rings is 1. The first-order valence-corrected chi connectivity index (χ1v) is 9.04. The summed E-state index contributed by atoms with van der Waals surface area (Å²) in [7, 11) is 0. The lowest BCUT2D eigenvalue weighted by molar-refractivity contribution is 0.0820. The zero-order valence-corrected chi connectivity index (χ0v) is 15.0. The zero-order valence-electron chi connectivity index (χ0n) is 14.2. The van der Waals surface area contributed by atoms with Gasteiger partial charge in [0.2, 0.25) is 0 Å². The van der Waals surface area contributed by atoms with Crippen LogP contribution in [-0.2, 0) is 0 Å². The van der Waals surface area contributed by atoms with E-state index in [2.05, 4.69) is 17.1 Å². The van der Waals surface area contributed by atoms with Crippen molar-refractivity contribution >= 4 is 11.6 Å². The van der Waals surface area contributed by atoms with Gasteiger partial charge in [0, 0.05) is 29.7 Å². The van der Waals surface area contributed by atoms with Crippen LogP contribution >= 0.6 is 11.6 Å². The number of benzene rings is 1. The van der Waals surface area contributed by atoms with E-state index < -0.39 is 0 Å². The van der Waals surface area contributed by atoms with Gasteiger partial charge in [0.15, 0.2) is 0 Å². The van der Waals surface area contributed by atoms with Crippen LogP contribution in [-0.4, -0.2) is 48.9 Å². The normalized spacial score (nSPS) is 18.1. The highest BCUT2D eigenvalue weighted by Crippen LogP contribution is 2.28. The molecule has 0 amide bonds. The zero-order chi connectivity index (χ0) is 16.7. The van der Waals surface area contributed by atoms with Crippen LogP contribution in [0.3, 0.4) is 0 Å². The number of ether oxygens (including phenoxy) is 1. The van der Waals surface area contributed by atoms with Gasteiger partial charge in [-0.1, -0.05) is 11.6 Å². The Morgan fingerprint density at radius 2 is 2.13 bits per heavy atom. The Labute approximate surface area is 144 Å². The summed E-state index contributed by atoms with van der Waals surface area (Å²) in [5.41, 5.74) is 1.11. The molecule has 1 fully saturated rings. The fourth-order valence-electron chi connectivity index (χ4n) is 3.02. The van der Waals surface area contributed by atoms with Gasteiger partial charge in [-0.05, 0) is 64.4 Å². The lowest BCUT2D eigenvalue weighted by Gasteiger charge is -2.29. The van der Waals surface area contributed by atoms with Crippen molar-refractivity contribution in [3.8, 4) is 5.75 Å². The molecular formula is C18H29ClN2O2. The minimum absolute atomic E-state index is 0.0933. The molecule has 2 rings (SSSR count). The van der Waals surface area contributed by atoms with E-state index in [1.165, 1.54) is 0 Å². The summed E-state index contributed by atoms with van der Waals surface area (Å²) in [6.45, 7) is 8.86. The second kappa shape index (κ2) is 9.48. The van der Waals surface area contributed by atoms with E-state index in [0.717, 1.165) is 61.8 Å². The van der Waals surface area contributed by atoms with Crippen molar-refractivity contribution < 1.29 is 9.84 Å². The van der Waals surface area contributed by atoms with Crippen LogP contribution in [0.2, 0.25) is 5.02 Å². The number of likely N-dealkylation sites (tertiary alicyclic amines) is 1. The molecule has 2 N–H and O–H groups in total. The van der Waals surface area contributed by atoms with Crippen molar-refractivity contribution in [2.75, 3.05) is 32.8 Å². The van der Waals surface area contributed by atoms with E-state index >= 15 is 0 Å². The van der Waals surface area contributed by atoms with Crippen LogP contribution in [0.5, 0.6) is 5.75 Å². The van der Waals surface area contributed by atoms with Crippen LogP contribution in [0.25, 0.3) is 0 Å². The first kappa shape index (κ1) is 18.5. The standard InChI is InChI=1S/C18H29ClN2O2/c1-3-23-18-6-5-15(19)13-17(18)14(2)20-9-4-10-21-11-7-16(22)8-12-21/h5-6,13-14,16,20,22H,3-4,7-12H2,1-2H3. The van der Waals surface area contributed by atoms with Gasteiger partial charge < -0.3 is 20.1 Å². The Morgan fingerprint density at radius 3 is 2.83 bits per heavy atom. The number of hydrogen-bond acceptors (Lipinski definition) is 4. The third-order valence-electron chi connectivity index (χ3n) is 4.40. The molecular weight excluding hydrogens is 312 g/mol. The molecule has 5 heteroatoms. The van der Waals surface area contributed by atoms with E-state index in [1.54, 1.807) is 0 Å². The number of aliphatic hydroxyl groups is 1. The molecule has 1 aromatic rings. The molecule has 23 heavy (non-hydrogen) atoms. The van der Waals surface area contributed by atoms with E-state index in [9.17, 15) is 5.11 Å². The molecule has 1 atom stereocenters. The number of halogens is 1. The van der Waals surface area contributed by atoms with Crippen LogP contribution in [0.1, 0.15) is 44.7 Å². The second-order valence-corrected chi connectivity index (χ2v) is 6.65. The summed E-state index contributed by atoms with van der Waals surface area (Å²) in [4.78, 5) is 2.43. The van der Waals surface area contributed by atoms with Crippen LogP contribution in [0, 0.1) is 0 Å². The molecule has 1 saturated heterocycles. The molecule has 0 saturated carbocycles. The molecule has 1 aliphatic heterocycles. The predicted molar refractivity (Wildman–Crippen MR) is 95.3 cm³/mol. The predicted octanol–water partition coefficient (Wildman–Crippen LogP) is 3.24. The van der Waals surface area contributed by atoms with Crippen molar-refractivity contribution in [2.45, 2.75) is 45.3 Å². The fourth-order valence-corrected chi connectivity index (χ4v) is 3.20. The largest absolute Gasteiger partial charge is 0.494 e. The van der Waals surface area contributed by atoms with E-state index in [4.69, 9.17) is 16.3 Å². The summed E-state index contributed by atoms with van der Waals surface area (Å²) >= 11 is 6.13. The average Bonchev–Trinajstić information content (AvgIpc) is 2.55. The maximum absolute atomic E-state index is 9.53. The van der Waals surface area contributed by atoms with Gasteiger partial charge in [-0.15, -0.1) is 0 Å². The molecule has 0 aliphatic carbocycles. The molecule has 130 valence electrons. The van der Waals surface area contributed by atoms with E-state index in [0.29, 0.717) is 6.61 Å². The Hall–Kier alpha value is -0.810. The highest BCUT2D eigenvalue weighted by Gasteiger charge is 2.16. The SMILES string of the molecule is CCOc1ccc(Cl)cc1C(C)NCCCN1CCC(O)CC1. The quantitative estimate of drug-likeness (QED) is 0.713. The van der Waals surface area contributed by atoms with Gasteiger partial charge in [0.05, 0.1) is 12.7 Å². The van der Waals surface area contributed by atoms with Gasteiger partial charge in [-0.3, -0.25) is 0 Å². The minimum Gasteiger partial charge on any atom is -0.494 e. The molecule has 1 aromatic carbocycles. The van der Waals surface area contributed by atoms with Crippen molar-refractivity contribution in [1.29, 1.82) is 0 Å². The molecule has 0 aromatic heterocycles. The van der Waals surface area contributed by atoms with Crippen LogP contribution in [0.15, 0.2) is 18.2 Å². The Bertz CT molecular complexity index is 476. The van der Waals surface area contributed by atoms with Crippen molar-refractivity contribution in [3.63, 3.8) is 0 Å². The van der Waals surface area contributed by atoms with Gasteiger partial charge in [-0.2, -0.15) is 0 Å². The maximum atomic E-state index is 9.53. The molecule has 0 bridgehead atoms. The fraction of sp³-hybridized carbons (Fsp3) is 0.667. The van der Waals surface area contributed by atoms with E-state index in [1.807, 2.05) is 25.1 Å². The number of nitrogens with zero attached hydrogens (tertiary/aromatic N) is 1. The topological polar surface area (TPSA) is 44.7 Å². The number of rotatable bonds is 8. The first-order chi connectivity index (χ1) is 11.1. The number of nitrogens with one attached hydrogen (secondary N) is 1. The second-order valence-electron chi connectivity index (χ2n) is 6.22. The van der Waals surface area contributed by atoms with Gasteiger partial charge >= 0.3 is 0 Å². The molecule has 1 heterocycles. The van der Waals surface area contributed by atoms with Gasteiger partial charge in [0.1, 0.15) is 5.75 Å². The highest BCUT2D eigenvalue weighted by molar-refractivity contribution is 6.30. The lowest BCUT2D eigenvalue weighted by atomic mass is 10.1. The third-order valence-corrected chi connectivity index (χ3v) is 4.63. The van der Waals surface area contributed by atoms with E-state index in [-0.39, 0.29) is 12.1 Å². The first-order valence-electron chi connectivity index (χ1n) is 8.66. The summed E-state index contributed by atoms with van der Waals surface area (Å²) < 4.78 is 5.69. The van der Waals surface area contributed by atoms with Crippen molar-refractivity contribution in [1.82, 2.24) is 10.2 Å². The van der Waals surface area contributed by atoms with Gasteiger partial charge in [0.25, 0.3) is 0 Å².